The predicted octanol–water partition coefficient (Wildman–Crippen LogP) is 2.83. The van der Waals surface area contributed by atoms with Crippen LogP contribution in [-0.4, -0.2) is 59.7 Å². The molecule has 0 unspecified atom stereocenters. The minimum atomic E-state index is -0.195. The maximum absolute atomic E-state index is 13.5. The van der Waals surface area contributed by atoms with Gasteiger partial charge in [-0.1, -0.05) is 54.1 Å². The number of nitrogens with zero attached hydrogens (tertiary/aromatic N) is 3. The van der Waals surface area contributed by atoms with Gasteiger partial charge in [0.1, 0.15) is 5.70 Å². The molecule has 0 saturated carbocycles. The second kappa shape index (κ2) is 7.84. The van der Waals surface area contributed by atoms with Crippen LogP contribution in [0.5, 0.6) is 0 Å². The number of carbonyl (C=O) groups excluding carboxylic acids is 2. The molecule has 0 atom stereocenters. The smallest absolute Gasteiger partial charge is 0.278 e. The molecule has 2 amide bonds. The maximum atomic E-state index is 13.5. The summed E-state index contributed by atoms with van der Waals surface area (Å²) in [6, 6.07) is 15.8. The van der Waals surface area contributed by atoms with Gasteiger partial charge < -0.3 is 9.80 Å². The SMILES string of the molecule is Cc1ccc(C2=C(N3CCN(C)CC3)C(=O)N(Cc3ccccc3)C2=O)c(C)c1. The third-order valence-corrected chi connectivity index (χ3v) is 5.80. The molecule has 0 bridgehead atoms. The summed E-state index contributed by atoms with van der Waals surface area (Å²) >= 11 is 0. The van der Waals surface area contributed by atoms with E-state index in [-0.39, 0.29) is 11.8 Å². The van der Waals surface area contributed by atoms with Crippen molar-refractivity contribution in [3.8, 4) is 0 Å². The second-order valence-corrected chi connectivity index (χ2v) is 8.01. The Hall–Kier alpha value is -2.92. The predicted molar refractivity (Wildman–Crippen MR) is 114 cm³/mol. The van der Waals surface area contributed by atoms with Crippen LogP contribution in [0.25, 0.3) is 5.57 Å². The van der Waals surface area contributed by atoms with E-state index in [1.807, 2.05) is 56.3 Å². The largest absolute Gasteiger partial charge is 0.364 e. The zero-order valence-electron chi connectivity index (χ0n) is 17.3. The second-order valence-electron chi connectivity index (χ2n) is 8.01. The van der Waals surface area contributed by atoms with Gasteiger partial charge in [0.2, 0.25) is 0 Å². The summed E-state index contributed by atoms with van der Waals surface area (Å²) in [5, 5.41) is 0. The summed E-state index contributed by atoms with van der Waals surface area (Å²) in [6.45, 7) is 7.60. The molecule has 1 fully saturated rings. The van der Waals surface area contributed by atoms with Gasteiger partial charge in [0.05, 0.1) is 12.1 Å². The van der Waals surface area contributed by atoms with Gasteiger partial charge in [-0.25, -0.2) is 0 Å². The van der Waals surface area contributed by atoms with E-state index in [1.165, 1.54) is 4.90 Å². The highest BCUT2D eigenvalue weighted by molar-refractivity contribution is 6.35. The molecule has 2 heterocycles. The number of benzene rings is 2. The number of rotatable bonds is 4. The van der Waals surface area contributed by atoms with Crippen molar-refractivity contribution in [1.29, 1.82) is 0 Å². The van der Waals surface area contributed by atoms with Crippen LogP contribution in [0.3, 0.4) is 0 Å². The van der Waals surface area contributed by atoms with E-state index in [0.29, 0.717) is 17.8 Å². The summed E-state index contributed by atoms with van der Waals surface area (Å²) in [6.07, 6.45) is 0. The third-order valence-electron chi connectivity index (χ3n) is 5.80. The molecule has 150 valence electrons. The Morgan fingerprint density at radius 1 is 0.862 bits per heavy atom. The average Bonchev–Trinajstić information content (AvgIpc) is 2.94. The maximum Gasteiger partial charge on any atom is 0.278 e. The third kappa shape index (κ3) is 3.70. The first-order valence-corrected chi connectivity index (χ1v) is 10.1. The Kier molecular flexibility index (Phi) is 5.24. The van der Waals surface area contributed by atoms with Crippen molar-refractivity contribution in [2.24, 2.45) is 0 Å². The van der Waals surface area contributed by atoms with Gasteiger partial charge in [-0.05, 0) is 37.6 Å². The number of hydrogen-bond donors (Lipinski definition) is 0. The van der Waals surface area contributed by atoms with Crippen LogP contribution in [0, 0.1) is 13.8 Å². The Morgan fingerprint density at radius 3 is 2.21 bits per heavy atom. The molecule has 5 nitrogen and oxygen atoms in total. The van der Waals surface area contributed by atoms with Crippen LogP contribution >= 0.6 is 0 Å². The molecule has 29 heavy (non-hydrogen) atoms. The summed E-state index contributed by atoms with van der Waals surface area (Å²) in [5.74, 6) is -0.377. The highest BCUT2D eigenvalue weighted by Crippen LogP contribution is 2.34. The number of carbonyl (C=O) groups is 2. The van der Waals surface area contributed by atoms with E-state index in [9.17, 15) is 9.59 Å². The minimum Gasteiger partial charge on any atom is -0.364 e. The summed E-state index contributed by atoms with van der Waals surface area (Å²) in [5.41, 5.74) is 5.09. The van der Waals surface area contributed by atoms with E-state index < -0.39 is 0 Å². The minimum absolute atomic E-state index is 0.182. The van der Waals surface area contributed by atoms with Crippen LogP contribution in [0.1, 0.15) is 22.3 Å². The molecular weight excluding hydrogens is 362 g/mol. The average molecular weight is 389 g/mol. The molecule has 2 aromatic carbocycles. The lowest BCUT2D eigenvalue weighted by Crippen LogP contribution is -2.46. The Bertz CT molecular complexity index is 973. The lowest BCUT2D eigenvalue weighted by molar-refractivity contribution is -0.138. The van der Waals surface area contributed by atoms with E-state index in [1.54, 1.807) is 0 Å². The Morgan fingerprint density at radius 2 is 1.55 bits per heavy atom. The zero-order valence-corrected chi connectivity index (χ0v) is 17.3. The van der Waals surface area contributed by atoms with E-state index in [4.69, 9.17) is 0 Å². The van der Waals surface area contributed by atoms with Crippen molar-refractivity contribution in [3.63, 3.8) is 0 Å². The molecule has 0 aliphatic carbocycles. The van der Waals surface area contributed by atoms with Crippen molar-refractivity contribution in [2.45, 2.75) is 20.4 Å². The molecular formula is C24H27N3O2. The van der Waals surface area contributed by atoms with Crippen molar-refractivity contribution in [2.75, 3.05) is 33.2 Å². The fourth-order valence-electron chi connectivity index (χ4n) is 4.13. The topological polar surface area (TPSA) is 43.9 Å². The first kappa shape index (κ1) is 19.4. The summed E-state index contributed by atoms with van der Waals surface area (Å²) in [7, 11) is 2.08. The van der Waals surface area contributed by atoms with E-state index >= 15 is 0 Å². The summed E-state index contributed by atoms with van der Waals surface area (Å²) in [4.78, 5) is 32.7. The first-order chi connectivity index (χ1) is 14.0. The van der Waals surface area contributed by atoms with Crippen molar-refractivity contribution in [1.82, 2.24) is 14.7 Å². The molecule has 0 N–H and O–H groups in total. The van der Waals surface area contributed by atoms with Crippen molar-refractivity contribution >= 4 is 17.4 Å². The number of likely N-dealkylation sites (N-methyl/N-ethyl adjacent to an activating group) is 1. The number of piperazine rings is 1. The van der Waals surface area contributed by atoms with Crippen LogP contribution < -0.4 is 0 Å². The Balaban J connectivity index is 1.76. The van der Waals surface area contributed by atoms with Crippen LogP contribution in [0.4, 0.5) is 0 Å². The lowest BCUT2D eigenvalue weighted by atomic mass is 9.97. The highest BCUT2D eigenvalue weighted by atomic mass is 16.2. The van der Waals surface area contributed by atoms with Gasteiger partial charge in [-0.2, -0.15) is 0 Å². The molecule has 0 radical (unpaired) electrons. The van der Waals surface area contributed by atoms with Gasteiger partial charge in [-0.3, -0.25) is 14.5 Å². The zero-order chi connectivity index (χ0) is 20.5. The number of hydrogen-bond acceptors (Lipinski definition) is 4. The molecule has 2 aliphatic rings. The van der Waals surface area contributed by atoms with Crippen LogP contribution in [0.15, 0.2) is 54.2 Å². The highest BCUT2D eigenvalue weighted by Gasteiger charge is 2.42. The fraction of sp³-hybridized carbons (Fsp3) is 0.333. The van der Waals surface area contributed by atoms with Crippen LogP contribution in [0.2, 0.25) is 0 Å². The number of imide groups is 1. The van der Waals surface area contributed by atoms with Gasteiger partial charge >= 0.3 is 0 Å². The van der Waals surface area contributed by atoms with Gasteiger partial charge in [0.25, 0.3) is 11.8 Å². The van der Waals surface area contributed by atoms with Crippen molar-refractivity contribution < 1.29 is 9.59 Å². The molecule has 1 saturated heterocycles. The van der Waals surface area contributed by atoms with E-state index in [2.05, 4.69) is 22.9 Å². The normalized spacial score (nSPS) is 18.2. The quantitative estimate of drug-likeness (QED) is 0.755. The van der Waals surface area contributed by atoms with E-state index in [0.717, 1.165) is 48.4 Å². The molecule has 4 rings (SSSR count). The molecule has 0 spiro atoms. The standard InChI is InChI=1S/C24H27N3O2/c1-17-9-10-20(18(2)15-17)21-22(26-13-11-25(3)12-14-26)24(29)27(23(21)28)16-19-7-5-4-6-8-19/h4-10,15H,11-14,16H2,1-3H3. The van der Waals surface area contributed by atoms with Gasteiger partial charge in [0.15, 0.2) is 0 Å². The fourth-order valence-corrected chi connectivity index (χ4v) is 4.13. The van der Waals surface area contributed by atoms with Gasteiger partial charge in [0, 0.05) is 26.2 Å². The summed E-state index contributed by atoms with van der Waals surface area (Å²) < 4.78 is 0. The molecule has 2 aromatic rings. The molecule has 2 aliphatic heterocycles. The number of aryl methyl sites for hydroxylation is 2. The Labute approximate surface area is 172 Å². The van der Waals surface area contributed by atoms with Crippen LogP contribution in [-0.2, 0) is 16.1 Å². The van der Waals surface area contributed by atoms with Crippen molar-refractivity contribution in [3.05, 3.63) is 76.5 Å². The van der Waals surface area contributed by atoms with Gasteiger partial charge in [-0.15, -0.1) is 0 Å². The number of amides is 2. The lowest BCUT2D eigenvalue weighted by Gasteiger charge is -2.34. The molecule has 0 aromatic heterocycles. The molecule has 5 heteroatoms. The first-order valence-electron chi connectivity index (χ1n) is 10.1. The monoisotopic (exact) mass is 389 g/mol.